The Kier molecular flexibility index (Phi) is 4.79. The molecule has 2 rings (SSSR count). The molecule has 6 heteroatoms. The minimum atomic E-state index is 0.289. The molecular formula is C17H20O6. The minimum absolute atomic E-state index is 0.289. The van der Waals surface area contributed by atoms with Gasteiger partial charge in [-0.05, 0) is 63.4 Å². The Labute approximate surface area is 134 Å². The smallest absolute Gasteiger partial charge is 0.176 e. The lowest BCUT2D eigenvalue weighted by molar-refractivity contribution is -0.141. The lowest BCUT2D eigenvalue weighted by Crippen LogP contribution is -2.02. The lowest BCUT2D eigenvalue weighted by Gasteiger charge is -2.19. The van der Waals surface area contributed by atoms with Crippen LogP contribution in [-0.2, 0) is 0 Å². The first kappa shape index (κ1) is 17.1. The van der Waals surface area contributed by atoms with Crippen molar-refractivity contribution in [2.75, 3.05) is 0 Å². The topological polar surface area (TPSA) is 88.4 Å². The van der Waals surface area contributed by atoms with Crippen LogP contribution in [0.15, 0.2) is 12.1 Å². The Bertz CT molecular complexity index is 728. The Balaban J connectivity index is 2.85. The third-order valence-corrected chi connectivity index (χ3v) is 4.21. The second kappa shape index (κ2) is 6.45. The molecule has 0 fully saturated rings. The van der Waals surface area contributed by atoms with E-state index in [-0.39, 0.29) is 5.75 Å². The molecule has 0 unspecified atom stereocenters. The first-order chi connectivity index (χ1) is 10.9. The summed E-state index contributed by atoms with van der Waals surface area (Å²) in [4.78, 5) is 13.5. The normalized spacial score (nSPS) is 10.6. The van der Waals surface area contributed by atoms with Crippen LogP contribution in [0.5, 0.6) is 17.2 Å². The van der Waals surface area contributed by atoms with E-state index < -0.39 is 0 Å². The van der Waals surface area contributed by atoms with Gasteiger partial charge in [0.1, 0.15) is 0 Å². The second-order valence-electron chi connectivity index (χ2n) is 5.62. The Morgan fingerprint density at radius 2 is 1.04 bits per heavy atom. The molecule has 0 radical (unpaired) electrons. The van der Waals surface area contributed by atoms with E-state index in [9.17, 15) is 10.5 Å². The van der Waals surface area contributed by atoms with Crippen LogP contribution in [0.3, 0.4) is 0 Å². The van der Waals surface area contributed by atoms with Gasteiger partial charge in [-0.2, -0.15) is 0 Å². The highest BCUT2D eigenvalue weighted by atomic mass is 17.1. The van der Waals surface area contributed by atoms with Gasteiger partial charge in [-0.15, -0.1) is 0 Å². The molecule has 0 heterocycles. The summed E-state index contributed by atoms with van der Waals surface area (Å²) in [6.45, 7) is 8.87. The highest BCUT2D eigenvalue weighted by Gasteiger charge is 2.23. The van der Waals surface area contributed by atoms with E-state index in [4.69, 9.17) is 5.26 Å². The summed E-state index contributed by atoms with van der Waals surface area (Å²) in [5.74, 6) is 0.980. The number of rotatable bonds is 4. The molecule has 0 aliphatic carbocycles. The summed E-state index contributed by atoms with van der Waals surface area (Å²) in [5, 5.41) is 27.5. The molecule has 0 spiro atoms. The van der Waals surface area contributed by atoms with E-state index in [1.165, 1.54) is 0 Å². The van der Waals surface area contributed by atoms with Crippen LogP contribution >= 0.6 is 0 Å². The monoisotopic (exact) mass is 320 g/mol. The van der Waals surface area contributed by atoms with Gasteiger partial charge in [0.25, 0.3) is 0 Å². The van der Waals surface area contributed by atoms with E-state index in [2.05, 4.69) is 14.7 Å². The summed E-state index contributed by atoms with van der Waals surface area (Å²) in [7, 11) is 0. The highest BCUT2D eigenvalue weighted by molar-refractivity contribution is 5.80. The zero-order valence-electron chi connectivity index (χ0n) is 13.7. The first-order valence-electron chi connectivity index (χ1n) is 7.06. The van der Waals surface area contributed by atoms with Crippen molar-refractivity contribution in [1.29, 1.82) is 0 Å². The van der Waals surface area contributed by atoms with E-state index in [0.29, 0.717) is 33.8 Å². The second-order valence-corrected chi connectivity index (χ2v) is 5.62. The van der Waals surface area contributed by atoms with Gasteiger partial charge in [-0.3, -0.25) is 0 Å². The van der Waals surface area contributed by atoms with Gasteiger partial charge in [-0.1, -0.05) is 0 Å². The number of hydrogen-bond acceptors (Lipinski definition) is 6. The van der Waals surface area contributed by atoms with Gasteiger partial charge in [0.15, 0.2) is 17.2 Å². The van der Waals surface area contributed by atoms with Gasteiger partial charge in [0.2, 0.25) is 0 Å². The van der Waals surface area contributed by atoms with Crippen LogP contribution in [0.2, 0.25) is 0 Å². The van der Waals surface area contributed by atoms with Crippen LogP contribution in [0, 0.1) is 34.6 Å². The van der Waals surface area contributed by atoms with Crippen molar-refractivity contribution in [3.63, 3.8) is 0 Å². The minimum Gasteiger partial charge on any atom is -0.340 e. The van der Waals surface area contributed by atoms with Crippen LogP contribution in [0.1, 0.15) is 27.8 Å². The maximum absolute atomic E-state index is 9.34. The molecule has 6 nitrogen and oxygen atoms in total. The molecule has 124 valence electrons. The van der Waals surface area contributed by atoms with Gasteiger partial charge in [-0.25, -0.2) is 15.8 Å². The third-order valence-electron chi connectivity index (χ3n) is 4.21. The zero-order chi connectivity index (χ0) is 17.3. The van der Waals surface area contributed by atoms with Crippen LogP contribution in [0.25, 0.3) is 11.1 Å². The van der Waals surface area contributed by atoms with Crippen molar-refractivity contribution >= 4 is 0 Å². The summed E-state index contributed by atoms with van der Waals surface area (Å²) in [6.07, 6.45) is 0. The van der Waals surface area contributed by atoms with Gasteiger partial charge >= 0.3 is 0 Å². The van der Waals surface area contributed by atoms with Crippen molar-refractivity contribution in [2.45, 2.75) is 34.6 Å². The number of aryl methyl sites for hydroxylation is 2. The predicted molar refractivity (Wildman–Crippen MR) is 85.3 cm³/mol. The zero-order valence-corrected chi connectivity index (χ0v) is 13.7. The Morgan fingerprint density at radius 1 is 0.609 bits per heavy atom. The van der Waals surface area contributed by atoms with Gasteiger partial charge in [0, 0.05) is 22.3 Å². The summed E-state index contributed by atoms with van der Waals surface area (Å²) >= 11 is 0. The van der Waals surface area contributed by atoms with Crippen molar-refractivity contribution in [2.24, 2.45) is 0 Å². The number of hydrogen-bond donors (Lipinski definition) is 3. The highest BCUT2D eigenvalue weighted by Crippen LogP contribution is 2.44. The lowest BCUT2D eigenvalue weighted by atomic mass is 9.91. The molecule has 0 saturated carbocycles. The van der Waals surface area contributed by atoms with E-state index in [1.54, 1.807) is 46.8 Å². The Hall–Kier alpha value is -2.28. The molecule has 0 aliphatic heterocycles. The maximum atomic E-state index is 9.34. The van der Waals surface area contributed by atoms with Crippen LogP contribution < -0.4 is 14.7 Å². The molecule has 0 amide bonds. The van der Waals surface area contributed by atoms with Crippen molar-refractivity contribution in [3.05, 3.63) is 39.9 Å². The quantitative estimate of drug-likeness (QED) is 0.570. The fourth-order valence-electron chi connectivity index (χ4n) is 2.93. The van der Waals surface area contributed by atoms with E-state index in [0.717, 1.165) is 16.7 Å². The average molecular weight is 320 g/mol. The molecule has 0 bridgehead atoms. The van der Waals surface area contributed by atoms with Crippen molar-refractivity contribution < 1.29 is 30.4 Å². The molecule has 0 saturated heterocycles. The third kappa shape index (κ3) is 2.72. The molecule has 0 aromatic heterocycles. The first-order valence-corrected chi connectivity index (χ1v) is 7.06. The Morgan fingerprint density at radius 3 is 1.48 bits per heavy atom. The van der Waals surface area contributed by atoms with E-state index in [1.807, 2.05) is 0 Å². The molecule has 3 N–H and O–H groups in total. The summed E-state index contributed by atoms with van der Waals surface area (Å²) in [6, 6.07) is 3.58. The maximum Gasteiger partial charge on any atom is 0.176 e. The molecule has 2 aromatic rings. The molecule has 0 atom stereocenters. The summed E-state index contributed by atoms with van der Waals surface area (Å²) in [5.41, 5.74) is 4.71. The SMILES string of the molecule is Cc1cc(-c2c(C)c(OO)c(C)c(C)c2OO)cc(C)c1OO. The standard InChI is InChI=1S/C17H20O6/c1-8-6-13(7-9(2)15(8)21-18)14-12(5)16(22-19)10(3)11(4)17(14)23-20/h6-7,18-20H,1-5H3. The molecule has 23 heavy (non-hydrogen) atoms. The van der Waals surface area contributed by atoms with Crippen molar-refractivity contribution in [1.82, 2.24) is 0 Å². The van der Waals surface area contributed by atoms with E-state index >= 15 is 0 Å². The molecule has 2 aromatic carbocycles. The van der Waals surface area contributed by atoms with Gasteiger partial charge in [0.05, 0.1) is 0 Å². The average Bonchev–Trinajstić information content (AvgIpc) is 2.50. The fourth-order valence-corrected chi connectivity index (χ4v) is 2.93. The van der Waals surface area contributed by atoms with Gasteiger partial charge < -0.3 is 14.7 Å². The molecule has 0 aliphatic rings. The van der Waals surface area contributed by atoms with Crippen LogP contribution in [0.4, 0.5) is 0 Å². The number of benzene rings is 2. The van der Waals surface area contributed by atoms with Crippen molar-refractivity contribution in [3.8, 4) is 28.4 Å². The fraction of sp³-hybridized carbons (Fsp3) is 0.294. The largest absolute Gasteiger partial charge is 0.340 e. The molecular weight excluding hydrogens is 300 g/mol. The van der Waals surface area contributed by atoms with Crippen LogP contribution in [-0.4, -0.2) is 15.8 Å². The predicted octanol–water partition coefficient (Wildman–Crippen LogP) is 4.45. The summed E-state index contributed by atoms with van der Waals surface area (Å²) < 4.78 is 0.